The van der Waals surface area contributed by atoms with Crippen molar-refractivity contribution < 1.29 is 4.39 Å². The summed E-state index contributed by atoms with van der Waals surface area (Å²) < 4.78 is 14.0. The number of rotatable bonds is 5. The van der Waals surface area contributed by atoms with E-state index in [1.807, 2.05) is 6.07 Å². The molecular formula is C15H22BrFN2. The number of nitrogens with one attached hydrogen (secondary N) is 1. The van der Waals surface area contributed by atoms with Crippen molar-refractivity contribution in [1.82, 2.24) is 10.2 Å². The molecule has 0 spiro atoms. The van der Waals surface area contributed by atoms with E-state index in [0.717, 1.165) is 12.1 Å². The van der Waals surface area contributed by atoms with E-state index < -0.39 is 0 Å². The third-order valence-corrected chi connectivity index (χ3v) is 4.63. The van der Waals surface area contributed by atoms with Crippen LogP contribution in [-0.4, -0.2) is 30.6 Å². The lowest BCUT2D eigenvalue weighted by Gasteiger charge is -2.32. The third-order valence-electron chi connectivity index (χ3n) is 3.74. The molecule has 0 bridgehead atoms. The zero-order chi connectivity index (χ0) is 13.7. The van der Waals surface area contributed by atoms with Crippen molar-refractivity contribution in [1.29, 1.82) is 0 Å². The fraction of sp³-hybridized carbons (Fsp3) is 0.600. The molecule has 2 rings (SSSR count). The molecule has 19 heavy (non-hydrogen) atoms. The number of piperidine rings is 1. The van der Waals surface area contributed by atoms with Gasteiger partial charge in [-0.2, -0.15) is 0 Å². The van der Waals surface area contributed by atoms with E-state index in [1.54, 1.807) is 6.07 Å². The van der Waals surface area contributed by atoms with E-state index in [9.17, 15) is 4.39 Å². The second-order valence-electron chi connectivity index (χ2n) is 5.21. The summed E-state index contributed by atoms with van der Waals surface area (Å²) >= 11 is 3.31. The van der Waals surface area contributed by atoms with Crippen molar-refractivity contribution in [3.05, 3.63) is 34.1 Å². The molecule has 0 amide bonds. The van der Waals surface area contributed by atoms with Crippen LogP contribution in [0.2, 0.25) is 0 Å². The number of benzene rings is 1. The van der Waals surface area contributed by atoms with Crippen LogP contribution in [0, 0.1) is 5.82 Å². The maximum absolute atomic E-state index is 13.4. The van der Waals surface area contributed by atoms with Crippen molar-refractivity contribution in [2.75, 3.05) is 19.6 Å². The smallest absolute Gasteiger partial charge is 0.137 e. The first-order valence-electron chi connectivity index (χ1n) is 7.09. The van der Waals surface area contributed by atoms with Crippen LogP contribution in [0.3, 0.4) is 0 Å². The highest BCUT2D eigenvalue weighted by Gasteiger charge is 2.18. The molecular weight excluding hydrogens is 307 g/mol. The van der Waals surface area contributed by atoms with Crippen LogP contribution < -0.4 is 5.32 Å². The molecule has 1 aliphatic heterocycles. The van der Waals surface area contributed by atoms with Crippen LogP contribution in [0.1, 0.15) is 31.7 Å². The predicted octanol–water partition coefficient (Wildman–Crippen LogP) is 3.55. The highest BCUT2D eigenvalue weighted by molar-refractivity contribution is 9.10. The van der Waals surface area contributed by atoms with E-state index in [0.29, 0.717) is 10.5 Å². The van der Waals surface area contributed by atoms with Gasteiger partial charge in [-0.1, -0.05) is 19.1 Å². The summed E-state index contributed by atoms with van der Waals surface area (Å²) in [6.45, 7) is 6.52. The van der Waals surface area contributed by atoms with Crippen LogP contribution in [-0.2, 0) is 6.54 Å². The summed E-state index contributed by atoms with van der Waals surface area (Å²) in [6, 6.07) is 5.77. The molecule has 1 aliphatic rings. The third kappa shape index (κ3) is 4.26. The summed E-state index contributed by atoms with van der Waals surface area (Å²) in [5.41, 5.74) is 0.996. The molecule has 1 aromatic rings. The summed E-state index contributed by atoms with van der Waals surface area (Å²) in [6.07, 6.45) is 3.61. The van der Waals surface area contributed by atoms with Crippen molar-refractivity contribution in [3.63, 3.8) is 0 Å². The molecule has 0 aromatic heterocycles. The molecule has 0 saturated carbocycles. The average molecular weight is 329 g/mol. The molecule has 106 valence electrons. The molecule has 1 saturated heterocycles. The van der Waals surface area contributed by atoms with Gasteiger partial charge < -0.3 is 10.2 Å². The number of nitrogens with zero attached hydrogens (tertiary/aromatic N) is 1. The lowest BCUT2D eigenvalue weighted by molar-refractivity contribution is 0.197. The summed E-state index contributed by atoms with van der Waals surface area (Å²) in [5.74, 6) is -0.183. The maximum Gasteiger partial charge on any atom is 0.137 e. The number of likely N-dealkylation sites (tertiary alicyclic amines) is 1. The summed E-state index contributed by atoms with van der Waals surface area (Å²) in [7, 11) is 0. The lowest BCUT2D eigenvalue weighted by atomic mass is 10.0. The van der Waals surface area contributed by atoms with Gasteiger partial charge in [-0.25, -0.2) is 4.39 Å². The minimum atomic E-state index is -0.183. The van der Waals surface area contributed by atoms with Gasteiger partial charge in [-0.15, -0.1) is 0 Å². The minimum Gasteiger partial charge on any atom is -0.310 e. The molecule has 1 fully saturated rings. The molecule has 4 heteroatoms. The van der Waals surface area contributed by atoms with Gasteiger partial charge >= 0.3 is 0 Å². The Bertz CT molecular complexity index is 403. The van der Waals surface area contributed by atoms with Gasteiger partial charge in [0.15, 0.2) is 0 Å². The number of hydrogen-bond acceptors (Lipinski definition) is 2. The number of hydrogen-bond donors (Lipinski definition) is 1. The topological polar surface area (TPSA) is 15.3 Å². The van der Waals surface area contributed by atoms with Gasteiger partial charge in [0, 0.05) is 12.6 Å². The summed E-state index contributed by atoms with van der Waals surface area (Å²) in [5, 5.41) is 3.55. The Labute approximate surface area is 123 Å². The molecule has 0 radical (unpaired) electrons. The summed E-state index contributed by atoms with van der Waals surface area (Å²) in [4.78, 5) is 2.52. The Hall–Kier alpha value is -0.450. The van der Waals surface area contributed by atoms with Crippen molar-refractivity contribution >= 4 is 15.9 Å². The molecule has 0 atom stereocenters. The Morgan fingerprint density at radius 1 is 1.37 bits per heavy atom. The Balaban J connectivity index is 1.79. The zero-order valence-corrected chi connectivity index (χ0v) is 13.0. The first kappa shape index (κ1) is 14.9. The van der Waals surface area contributed by atoms with E-state index in [4.69, 9.17) is 0 Å². The zero-order valence-electron chi connectivity index (χ0n) is 11.5. The lowest BCUT2D eigenvalue weighted by Crippen LogP contribution is -2.42. The first-order valence-corrected chi connectivity index (χ1v) is 7.88. The van der Waals surface area contributed by atoms with Crippen LogP contribution in [0.15, 0.2) is 22.7 Å². The first-order chi connectivity index (χ1) is 9.20. The highest BCUT2D eigenvalue weighted by Crippen LogP contribution is 2.21. The minimum absolute atomic E-state index is 0.183. The fourth-order valence-electron chi connectivity index (χ4n) is 2.62. The fourth-order valence-corrected chi connectivity index (χ4v) is 3.02. The van der Waals surface area contributed by atoms with Crippen molar-refractivity contribution in [2.24, 2.45) is 0 Å². The van der Waals surface area contributed by atoms with Gasteiger partial charge in [0.05, 0.1) is 4.47 Å². The van der Waals surface area contributed by atoms with Crippen LogP contribution in [0.4, 0.5) is 4.39 Å². The van der Waals surface area contributed by atoms with Crippen LogP contribution in [0.5, 0.6) is 0 Å². The second-order valence-corrected chi connectivity index (χ2v) is 6.00. The van der Waals surface area contributed by atoms with Crippen LogP contribution in [0.25, 0.3) is 0 Å². The average Bonchev–Trinajstić information content (AvgIpc) is 2.42. The van der Waals surface area contributed by atoms with Gasteiger partial charge in [-0.3, -0.25) is 0 Å². The monoisotopic (exact) mass is 328 g/mol. The predicted molar refractivity (Wildman–Crippen MR) is 80.7 cm³/mol. The van der Waals surface area contributed by atoms with Gasteiger partial charge in [0.25, 0.3) is 0 Å². The maximum atomic E-state index is 13.4. The largest absolute Gasteiger partial charge is 0.310 e. The Morgan fingerprint density at radius 3 is 2.79 bits per heavy atom. The van der Waals surface area contributed by atoms with Gasteiger partial charge in [0.2, 0.25) is 0 Å². The van der Waals surface area contributed by atoms with Crippen molar-refractivity contribution in [3.8, 4) is 0 Å². The van der Waals surface area contributed by atoms with Crippen molar-refractivity contribution in [2.45, 2.75) is 38.8 Å². The quantitative estimate of drug-likeness (QED) is 0.889. The molecule has 1 heterocycles. The molecule has 0 aliphatic carbocycles. The SMILES string of the molecule is CCCN1CCC(NCc2cccc(F)c2Br)CC1. The highest BCUT2D eigenvalue weighted by atomic mass is 79.9. The molecule has 1 aromatic carbocycles. The van der Waals surface area contributed by atoms with E-state index in [-0.39, 0.29) is 5.82 Å². The van der Waals surface area contributed by atoms with E-state index >= 15 is 0 Å². The second kappa shape index (κ2) is 7.36. The van der Waals surface area contributed by atoms with Gasteiger partial charge in [-0.05, 0) is 66.5 Å². The Kier molecular flexibility index (Phi) is 5.79. The number of halogens is 2. The normalized spacial score (nSPS) is 17.8. The molecule has 2 nitrogen and oxygen atoms in total. The Morgan fingerprint density at radius 2 is 2.11 bits per heavy atom. The van der Waals surface area contributed by atoms with Gasteiger partial charge in [0.1, 0.15) is 5.82 Å². The molecule has 1 N–H and O–H groups in total. The molecule has 0 unspecified atom stereocenters. The van der Waals surface area contributed by atoms with E-state index in [2.05, 4.69) is 33.1 Å². The van der Waals surface area contributed by atoms with E-state index in [1.165, 1.54) is 45.0 Å². The standard InChI is InChI=1S/C15H22BrFN2/c1-2-8-19-9-6-13(7-10-19)18-11-12-4-3-5-14(17)15(12)16/h3-5,13,18H,2,6-11H2,1H3. The van der Waals surface area contributed by atoms with Crippen LogP contribution >= 0.6 is 15.9 Å².